The number of tetrazole rings is 1. The minimum Gasteiger partial charge on any atom is -0.225 e. The SMILES string of the molecule is CCCCCCn1nnnc1-c1ccccc1C. The number of benzene rings is 1. The van der Waals surface area contributed by atoms with Crippen molar-refractivity contribution in [3.63, 3.8) is 0 Å². The van der Waals surface area contributed by atoms with Gasteiger partial charge in [0.1, 0.15) is 0 Å². The summed E-state index contributed by atoms with van der Waals surface area (Å²) in [5.74, 6) is 0.879. The molecule has 0 amide bonds. The molecule has 0 aliphatic carbocycles. The van der Waals surface area contributed by atoms with Crippen molar-refractivity contribution < 1.29 is 0 Å². The lowest BCUT2D eigenvalue weighted by Crippen LogP contribution is -2.03. The lowest BCUT2D eigenvalue weighted by atomic mass is 10.1. The maximum Gasteiger partial charge on any atom is 0.182 e. The Hall–Kier alpha value is -1.71. The molecule has 0 saturated carbocycles. The number of aromatic nitrogens is 4. The number of hydrogen-bond donors (Lipinski definition) is 0. The van der Waals surface area contributed by atoms with Crippen molar-refractivity contribution in [1.82, 2.24) is 20.2 Å². The fourth-order valence-corrected chi connectivity index (χ4v) is 2.06. The summed E-state index contributed by atoms with van der Waals surface area (Å²) in [6.45, 7) is 5.21. The first-order chi connectivity index (χ1) is 8.83. The van der Waals surface area contributed by atoms with Gasteiger partial charge >= 0.3 is 0 Å². The minimum atomic E-state index is 0.879. The molecule has 0 unspecified atom stereocenters. The van der Waals surface area contributed by atoms with E-state index in [4.69, 9.17) is 0 Å². The van der Waals surface area contributed by atoms with E-state index in [1.807, 2.05) is 16.8 Å². The summed E-state index contributed by atoms with van der Waals surface area (Å²) in [6, 6.07) is 8.22. The van der Waals surface area contributed by atoms with Gasteiger partial charge in [-0.25, -0.2) is 4.68 Å². The molecule has 0 aliphatic rings. The zero-order valence-electron chi connectivity index (χ0n) is 11.1. The van der Waals surface area contributed by atoms with E-state index in [2.05, 4.69) is 41.5 Å². The van der Waals surface area contributed by atoms with Crippen LogP contribution in [-0.2, 0) is 6.54 Å². The third kappa shape index (κ3) is 2.94. The molecule has 0 N–H and O–H groups in total. The molecule has 1 aromatic carbocycles. The average Bonchev–Trinajstić information content (AvgIpc) is 2.83. The molecular formula is C14H20N4. The number of nitrogens with zero attached hydrogens (tertiary/aromatic N) is 4. The van der Waals surface area contributed by atoms with Crippen LogP contribution < -0.4 is 0 Å². The summed E-state index contributed by atoms with van der Waals surface area (Å²) in [6.07, 6.45) is 4.91. The quantitative estimate of drug-likeness (QED) is 0.733. The van der Waals surface area contributed by atoms with Gasteiger partial charge in [-0.05, 0) is 29.3 Å². The van der Waals surface area contributed by atoms with E-state index in [9.17, 15) is 0 Å². The Morgan fingerprint density at radius 2 is 1.94 bits per heavy atom. The van der Waals surface area contributed by atoms with Crippen LogP contribution in [-0.4, -0.2) is 20.2 Å². The molecule has 0 bridgehead atoms. The van der Waals surface area contributed by atoms with Gasteiger partial charge in [-0.15, -0.1) is 5.10 Å². The smallest absolute Gasteiger partial charge is 0.182 e. The van der Waals surface area contributed by atoms with Gasteiger partial charge < -0.3 is 0 Å². The zero-order chi connectivity index (χ0) is 12.8. The average molecular weight is 244 g/mol. The first kappa shape index (κ1) is 12.7. The van der Waals surface area contributed by atoms with Gasteiger partial charge in [0.2, 0.25) is 0 Å². The van der Waals surface area contributed by atoms with Crippen LogP contribution in [0.25, 0.3) is 11.4 Å². The fraction of sp³-hybridized carbons (Fsp3) is 0.500. The molecule has 0 radical (unpaired) electrons. The van der Waals surface area contributed by atoms with Crippen LogP contribution >= 0.6 is 0 Å². The largest absolute Gasteiger partial charge is 0.225 e. The molecule has 0 aliphatic heterocycles. The molecule has 0 fully saturated rings. The second-order valence-electron chi connectivity index (χ2n) is 4.60. The standard InChI is InChI=1S/C14H20N4/c1-3-4-5-8-11-18-14(15-16-17-18)13-10-7-6-9-12(13)2/h6-7,9-10H,3-5,8,11H2,1-2H3. The predicted molar refractivity (Wildman–Crippen MR) is 72.1 cm³/mol. The lowest BCUT2D eigenvalue weighted by molar-refractivity contribution is 0.531. The van der Waals surface area contributed by atoms with Crippen LogP contribution in [0.15, 0.2) is 24.3 Å². The van der Waals surface area contributed by atoms with Gasteiger partial charge in [0.25, 0.3) is 0 Å². The summed E-state index contributed by atoms with van der Waals surface area (Å²) < 4.78 is 1.91. The van der Waals surface area contributed by atoms with Gasteiger partial charge in [-0.1, -0.05) is 50.5 Å². The van der Waals surface area contributed by atoms with Crippen molar-refractivity contribution >= 4 is 0 Å². The Labute approximate surface area is 108 Å². The Morgan fingerprint density at radius 1 is 1.11 bits per heavy atom. The van der Waals surface area contributed by atoms with Crippen molar-refractivity contribution in [2.45, 2.75) is 46.1 Å². The molecule has 1 heterocycles. The van der Waals surface area contributed by atoms with E-state index >= 15 is 0 Å². The van der Waals surface area contributed by atoms with Crippen molar-refractivity contribution in [1.29, 1.82) is 0 Å². The van der Waals surface area contributed by atoms with Crippen LogP contribution in [0.3, 0.4) is 0 Å². The second-order valence-corrected chi connectivity index (χ2v) is 4.60. The van der Waals surface area contributed by atoms with E-state index in [1.54, 1.807) is 0 Å². The third-order valence-corrected chi connectivity index (χ3v) is 3.14. The van der Waals surface area contributed by atoms with Crippen molar-refractivity contribution in [3.05, 3.63) is 29.8 Å². The molecule has 96 valence electrons. The van der Waals surface area contributed by atoms with Gasteiger partial charge in [0.15, 0.2) is 5.82 Å². The lowest BCUT2D eigenvalue weighted by Gasteiger charge is -2.06. The topological polar surface area (TPSA) is 43.6 Å². The van der Waals surface area contributed by atoms with Crippen molar-refractivity contribution in [3.8, 4) is 11.4 Å². The molecule has 1 aromatic heterocycles. The normalized spacial score (nSPS) is 10.8. The molecule has 4 heteroatoms. The molecule has 18 heavy (non-hydrogen) atoms. The Morgan fingerprint density at radius 3 is 2.72 bits per heavy atom. The highest BCUT2D eigenvalue weighted by Gasteiger charge is 2.10. The van der Waals surface area contributed by atoms with E-state index in [-0.39, 0.29) is 0 Å². The van der Waals surface area contributed by atoms with E-state index in [0.717, 1.165) is 24.4 Å². The van der Waals surface area contributed by atoms with Gasteiger partial charge in [0.05, 0.1) is 0 Å². The Balaban J connectivity index is 2.10. The molecule has 0 atom stereocenters. The zero-order valence-corrected chi connectivity index (χ0v) is 11.1. The van der Waals surface area contributed by atoms with Crippen LogP contribution in [0.2, 0.25) is 0 Å². The van der Waals surface area contributed by atoms with E-state index in [1.165, 1.54) is 24.8 Å². The highest BCUT2D eigenvalue weighted by Crippen LogP contribution is 2.20. The van der Waals surface area contributed by atoms with Crippen molar-refractivity contribution in [2.24, 2.45) is 0 Å². The van der Waals surface area contributed by atoms with Gasteiger partial charge in [0, 0.05) is 12.1 Å². The molecular weight excluding hydrogens is 224 g/mol. The summed E-state index contributed by atoms with van der Waals surface area (Å²) in [4.78, 5) is 0. The maximum absolute atomic E-state index is 4.15. The van der Waals surface area contributed by atoms with Crippen LogP contribution in [0.5, 0.6) is 0 Å². The predicted octanol–water partition coefficient (Wildman–Crippen LogP) is 3.23. The van der Waals surface area contributed by atoms with E-state index < -0.39 is 0 Å². The highest BCUT2D eigenvalue weighted by atomic mass is 15.5. The Kier molecular flexibility index (Phi) is 4.45. The number of rotatable bonds is 6. The minimum absolute atomic E-state index is 0.879. The molecule has 0 spiro atoms. The van der Waals surface area contributed by atoms with Gasteiger partial charge in [-0.2, -0.15) is 0 Å². The third-order valence-electron chi connectivity index (χ3n) is 3.14. The number of aryl methyl sites for hydroxylation is 2. The monoisotopic (exact) mass is 244 g/mol. The first-order valence-electron chi connectivity index (χ1n) is 6.65. The second kappa shape index (κ2) is 6.28. The van der Waals surface area contributed by atoms with Crippen LogP contribution in [0, 0.1) is 6.92 Å². The first-order valence-corrected chi connectivity index (χ1v) is 6.65. The number of hydrogen-bond acceptors (Lipinski definition) is 3. The molecule has 0 saturated heterocycles. The number of unbranched alkanes of at least 4 members (excludes halogenated alkanes) is 3. The molecule has 4 nitrogen and oxygen atoms in total. The van der Waals surface area contributed by atoms with Crippen LogP contribution in [0.4, 0.5) is 0 Å². The summed E-state index contributed by atoms with van der Waals surface area (Å²) >= 11 is 0. The summed E-state index contributed by atoms with van der Waals surface area (Å²) in [7, 11) is 0. The van der Waals surface area contributed by atoms with Gasteiger partial charge in [-0.3, -0.25) is 0 Å². The fourth-order valence-electron chi connectivity index (χ4n) is 2.06. The van der Waals surface area contributed by atoms with Crippen molar-refractivity contribution in [2.75, 3.05) is 0 Å². The molecule has 2 rings (SSSR count). The summed E-state index contributed by atoms with van der Waals surface area (Å²) in [5, 5.41) is 12.0. The van der Waals surface area contributed by atoms with Crippen LogP contribution in [0.1, 0.15) is 38.2 Å². The van der Waals surface area contributed by atoms with E-state index in [0.29, 0.717) is 0 Å². The molecule has 2 aromatic rings. The Bertz CT molecular complexity index is 490. The highest BCUT2D eigenvalue weighted by molar-refractivity contribution is 5.59. The maximum atomic E-state index is 4.15. The summed E-state index contributed by atoms with van der Waals surface area (Å²) in [5.41, 5.74) is 2.33.